The number of aliphatic hydroxyl groups excluding tert-OH is 1. The maximum Gasteiger partial charge on any atom is 0.222 e. The van der Waals surface area contributed by atoms with Crippen LogP contribution < -0.4 is 0 Å². The van der Waals surface area contributed by atoms with Gasteiger partial charge >= 0.3 is 0 Å². The van der Waals surface area contributed by atoms with Crippen LogP contribution in [0.1, 0.15) is 40.0 Å². The van der Waals surface area contributed by atoms with Crippen LogP contribution >= 0.6 is 0 Å². The minimum Gasteiger partial charge on any atom is -0.396 e. The Labute approximate surface area is 97.6 Å². The van der Waals surface area contributed by atoms with Gasteiger partial charge in [-0.05, 0) is 33.6 Å². The Morgan fingerprint density at radius 1 is 1.50 bits per heavy atom. The monoisotopic (exact) mass is 229 g/mol. The van der Waals surface area contributed by atoms with Gasteiger partial charge in [0, 0.05) is 26.1 Å². The topological polar surface area (TPSA) is 49.8 Å². The first-order valence-corrected chi connectivity index (χ1v) is 6.01. The number of carbonyl (C=O) groups is 1. The largest absolute Gasteiger partial charge is 0.396 e. The normalized spacial score (nSPS) is 24.5. The number of hydrogen-bond donors (Lipinski definition) is 1. The van der Waals surface area contributed by atoms with Crippen LogP contribution in [0.3, 0.4) is 0 Å². The molecule has 94 valence electrons. The van der Waals surface area contributed by atoms with Gasteiger partial charge in [-0.2, -0.15) is 0 Å². The van der Waals surface area contributed by atoms with Crippen molar-refractivity contribution in [3.05, 3.63) is 0 Å². The number of morpholine rings is 1. The van der Waals surface area contributed by atoms with Crippen molar-refractivity contribution >= 4 is 5.91 Å². The Morgan fingerprint density at radius 3 is 2.75 bits per heavy atom. The molecule has 1 heterocycles. The van der Waals surface area contributed by atoms with Gasteiger partial charge < -0.3 is 14.7 Å². The number of carbonyl (C=O) groups excluding carboxylic acids is 1. The maximum absolute atomic E-state index is 11.9. The van der Waals surface area contributed by atoms with Gasteiger partial charge in [0.2, 0.25) is 5.91 Å². The van der Waals surface area contributed by atoms with Crippen molar-refractivity contribution < 1.29 is 14.6 Å². The van der Waals surface area contributed by atoms with Crippen LogP contribution in [0.15, 0.2) is 0 Å². The lowest BCUT2D eigenvalue weighted by molar-refractivity contribution is -0.158. The minimum atomic E-state index is -0.246. The zero-order chi connectivity index (χ0) is 12.2. The molecule has 16 heavy (non-hydrogen) atoms. The second kappa shape index (κ2) is 5.64. The summed E-state index contributed by atoms with van der Waals surface area (Å²) in [5, 5.41) is 8.67. The highest BCUT2D eigenvalue weighted by molar-refractivity contribution is 5.76. The van der Waals surface area contributed by atoms with Gasteiger partial charge in [-0.25, -0.2) is 0 Å². The van der Waals surface area contributed by atoms with E-state index in [1.165, 1.54) is 0 Å². The molecule has 0 spiro atoms. The van der Waals surface area contributed by atoms with Gasteiger partial charge in [0.1, 0.15) is 0 Å². The SMILES string of the molecule is CC1CN(C(=O)CCCCO)CC(C)(C)O1. The van der Waals surface area contributed by atoms with Crippen LogP contribution in [0, 0.1) is 0 Å². The second-order valence-corrected chi connectivity index (χ2v) is 5.14. The van der Waals surface area contributed by atoms with E-state index in [2.05, 4.69) is 0 Å². The average molecular weight is 229 g/mol. The van der Waals surface area contributed by atoms with Crippen molar-refractivity contribution in [2.24, 2.45) is 0 Å². The van der Waals surface area contributed by atoms with E-state index in [9.17, 15) is 4.79 Å². The smallest absolute Gasteiger partial charge is 0.222 e. The molecule has 1 atom stereocenters. The predicted molar refractivity (Wildman–Crippen MR) is 62.1 cm³/mol. The molecule has 1 unspecified atom stereocenters. The number of aliphatic hydroxyl groups is 1. The van der Waals surface area contributed by atoms with E-state index >= 15 is 0 Å². The molecule has 4 heteroatoms. The van der Waals surface area contributed by atoms with Gasteiger partial charge in [-0.15, -0.1) is 0 Å². The molecule has 0 radical (unpaired) electrons. The third kappa shape index (κ3) is 4.10. The van der Waals surface area contributed by atoms with Crippen molar-refractivity contribution in [1.29, 1.82) is 0 Å². The van der Waals surface area contributed by atoms with E-state index < -0.39 is 0 Å². The highest BCUT2D eigenvalue weighted by Crippen LogP contribution is 2.21. The van der Waals surface area contributed by atoms with Crippen molar-refractivity contribution in [2.45, 2.75) is 51.7 Å². The number of amides is 1. The Kier molecular flexibility index (Phi) is 4.74. The standard InChI is InChI=1S/C12H23NO3/c1-10-8-13(9-12(2,3)16-10)11(15)6-4-5-7-14/h10,14H,4-9H2,1-3H3. The molecular formula is C12H23NO3. The molecule has 1 fully saturated rings. The lowest BCUT2D eigenvalue weighted by Gasteiger charge is -2.41. The van der Waals surface area contributed by atoms with E-state index in [0.29, 0.717) is 25.9 Å². The predicted octanol–water partition coefficient (Wildman–Crippen LogP) is 1.17. The van der Waals surface area contributed by atoms with Crippen molar-refractivity contribution in [3.8, 4) is 0 Å². The number of unbranched alkanes of at least 4 members (excludes halogenated alkanes) is 1. The molecule has 0 saturated carbocycles. The van der Waals surface area contributed by atoms with E-state index in [1.807, 2.05) is 25.7 Å². The summed E-state index contributed by atoms with van der Waals surface area (Å²) in [5.41, 5.74) is -0.246. The zero-order valence-corrected chi connectivity index (χ0v) is 10.5. The van der Waals surface area contributed by atoms with Crippen molar-refractivity contribution in [2.75, 3.05) is 19.7 Å². The highest BCUT2D eigenvalue weighted by atomic mass is 16.5. The zero-order valence-electron chi connectivity index (χ0n) is 10.5. The quantitative estimate of drug-likeness (QED) is 0.736. The fourth-order valence-electron chi connectivity index (χ4n) is 2.19. The van der Waals surface area contributed by atoms with Gasteiger partial charge in [0.05, 0.1) is 11.7 Å². The Balaban J connectivity index is 2.43. The van der Waals surface area contributed by atoms with Gasteiger partial charge in [0.25, 0.3) is 0 Å². The molecule has 1 rings (SSSR count). The Bertz CT molecular complexity index is 240. The third-order valence-corrected chi connectivity index (χ3v) is 2.72. The second-order valence-electron chi connectivity index (χ2n) is 5.14. The lowest BCUT2D eigenvalue weighted by Crippen LogP contribution is -2.53. The molecular weight excluding hydrogens is 206 g/mol. The molecule has 0 aliphatic carbocycles. The van der Waals surface area contributed by atoms with E-state index in [1.54, 1.807) is 0 Å². The Morgan fingerprint density at radius 2 is 2.19 bits per heavy atom. The first kappa shape index (κ1) is 13.5. The number of ether oxygens (including phenoxy) is 1. The first-order valence-electron chi connectivity index (χ1n) is 6.01. The van der Waals surface area contributed by atoms with Crippen LogP contribution in [-0.4, -0.2) is 47.3 Å². The maximum atomic E-state index is 11.9. The van der Waals surface area contributed by atoms with Gasteiger partial charge in [-0.1, -0.05) is 0 Å². The number of nitrogens with zero attached hydrogens (tertiary/aromatic N) is 1. The summed E-state index contributed by atoms with van der Waals surface area (Å²) < 4.78 is 5.75. The van der Waals surface area contributed by atoms with Crippen LogP contribution in [0.25, 0.3) is 0 Å². The Hall–Kier alpha value is -0.610. The number of hydrogen-bond acceptors (Lipinski definition) is 3. The van der Waals surface area contributed by atoms with Crippen molar-refractivity contribution in [1.82, 2.24) is 4.90 Å². The van der Waals surface area contributed by atoms with E-state index in [-0.39, 0.29) is 24.2 Å². The molecule has 0 aromatic rings. The first-order chi connectivity index (χ1) is 7.44. The van der Waals surface area contributed by atoms with Crippen molar-refractivity contribution in [3.63, 3.8) is 0 Å². The lowest BCUT2D eigenvalue weighted by atomic mass is 10.0. The summed E-state index contributed by atoms with van der Waals surface area (Å²) in [6.07, 6.45) is 2.10. The molecule has 1 amide bonds. The van der Waals surface area contributed by atoms with E-state index in [0.717, 1.165) is 6.42 Å². The third-order valence-electron chi connectivity index (χ3n) is 2.72. The summed E-state index contributed by atoms with van der Waals surface area (Å²) in [6.45, 7) is 7.53. The molecule has 1 N–H and O–H groups in total. The van der Waals surface area contributed by atoms with Gasteiger partial charge in [0.15, 0.2) is 0 Å². The molecule has 0 aromatic carbocycles. The summed E-state index contributed by atoms with van der Waals surface area (Å²) >= 11 is 0. The fourth-order valence-corrected chi connectivity index (χ4v) is 2.19. The van der Waals surface area contributed by atoms with Crippen LogP contribution in [0.5, 0.6) is 0 Å². The van der Waals surface area contributed by atoms with Crippen LogP contribution in [-0.2, 0) is 9.53 Å². The van der Waals surface area contributed by atoms with E-state index in [4.69, 9.17) is 9.84 Å². The summed E-state index contributed by atoms with van der Waals surface area (Å²) in [7, 11) is 0. The molecule has 1 aliphatic rings. The van der Waals surface area contributed by atoms with Crippen LogP contribution in [0.4, 0.5) is 0 Å². The number of rotatable bonds is 4. The molecule has 0 bridgehead atoms. The molecule has 1 saturated heterocycles. The average Bonchev–Trinajstić information content (AvgIpc) is 2.14. The summed E-state index contributed by atoms with van der Waals surface area (Å²) in [5.74, 6) is 0.177. The molecule has 1 aliphatic heterocycles. The summed E-state index contributed by atoms with van der Waals surface area (Å²) in [4.78, 5) is 13.8. The van der Waals surface area contributed by atoms with Crippen LogP contribution in [0.2, 0.25) is 0 Å². The molecule has 4 nitrogen and oxygen atoms in total. The fraction of sp³-hybridized carbons (Fsp3) is 0.917. The molecule has 0 aromatic heterocycles. The minimum absolute atomic E-state index is 0.102. The highest BCUT2D eigenvalue weighted by Gasteiger charge is 2.33. The van der Waals surface area contributed by atoms with Gasteiger partial charge in [-0.3, -0.25) is 4.79 Å². The summed E-state index contributed by atoms with van der Waals surface area (Å²) in [6, 6.07) is 0.